The number of hydrogen-bond donors (Lipinski definition) is 0. The van der Waals surface area contributed by atoms with Gasteiger partial charge in [0, 0.05) is 10.9 Å². The normalized spacial score (nSPS) is 22.7. The molecule has 32 heavy (non-hydrogen) atoms. The van der Waals surface area contributed by atoms with Gasteiger partial charge in [0.25, 0.3) is 0 Å². The summed E-state index contributed by atoms with van der Waals surface area (Å²) in [6.45, 7) is 2.76. The number of halogens is 1. The molecule has 2 heterocycles. The van der Waals surface area contributed by atoms with Gasteiger partial charge in [-0.05, 0) is 61.2 Å². The molecule has 0 spiro atoms. The summed E-state index contributed by atoms with van der Waals surface area (Å²) >= 11 is 3.55. The lowest BCUT2D eigenvalue weighted by atomic mass is 9.81. The van der Waals surface area contributed by atoms with Crippen molar-refractivity contribution in [2.45, 2.75) is 44.5 Å². The number of Topliss-reactive ketones (excluding diaryl/α,β-unsaturated/α-hetero) is 1. The van der Waals surface area contributed by atoms with E-state index in [1.165, 1.54) is 5.56 Å². The van der Waals surface area contributed by atoms with E-state index in [0.29, 0.717) is 23.7 Å². The van der Waals surface area contributed by atoms with Crippen LogP contribution in [0.3, 0.4) is 0 Å². The first kappa shape index (κ1) is 21.2. The number of hydrogen-bond acceptors (Lipinski definition) is 4. The molecule has 1 saturated heterocycles. The quantitative estimate of drug-likeness (QED) is 0.403. The molecule has 0 bridgehead atoms. The summed E-state index contributed by atoms with van der Waals surface area (Å²) in [4.78, 5) is 13.8. The number of rotatable bonds is 4. The first-order chi connectivity index (χ1) is 15.6. The van der Waals surface area contributed by atoms with Crippen LogP contribution in [0.5, 0.6) is 11.5 Å². The molecule has 2 aliphatic rings. The Balaban J connectivity index is 1.53. The maximum absolute atomic E-state index is 13.8. The zero-order valence-corrected chi connectivity index (χ0v) is 19.5. The fourth-order valence-corrected chi connectivity index (χ4v) is 4.80. The Hall–Kier alpha value is -2.63. The summed E-state index contributed by atoms with van der Waals surface area (Å²) in [5, 5.41) is 0. The van der Waals surface area contributed by atoms with Crippen LogP contribution in [0, 0.1) is 6.92 Å². The van der Waals surface area contributed by atoms with Crippen LogP contribution in [-0.2, 0) is 4.74 Å². The third kappa shape index (κ3) is 4.32. The predicted octanol–water partition coefficient (Wildman–Crippen LogP) is 6.76. The van der Waals surface area contributed by atoms with Gasteiger partial charge in [-0.1, -0.05) is 57.9 Å². The van der Waals surface area contributed by atoms with Gasteiger partial charge in [-0.15, -0.1) is 0 Å². The third-order valence-corrected chi connectivity index (χ3v) is 6.57. The van der Waals surface area contributed by atoms with E-state index in [9.17, 15) is 4.79 Å². The van der Waals surface area contributed by atoms with Crippen LogP contribution in [0.1, 0.15) is 58.3 Å². The third-order valence-electron chi connectivity index (χ3n) is 6.07. The molecule has 4 nitrogen and oxygen atoms in total. The predicted molar refractivity (Wildman–Crippen MR) is 126 cm³/mol. The van der Waals surface area contributed by atoms with Gasteiger partial charge in [0.05, 0.1) is 18.1 Å². The summed E-state index contributed by atoms with van der Waals surface area (Å²) in [5.74, 6) is 0.798. The maximum atomic E-state index is 13.8. The van der Waals surface area contributed by atoms with Crippen molar-refractivity contribution < 1.29 is 19.0 Å². The fourth-order valence-electron chi connectivity index (χ4n) is 4.39. The van der Waals surface area contributed by atoms with E-state index in [4.69, 9.17) is 14.2 Å². The van der Waals surface area contributed by atoms with Crippen LogP contribution in [0.25, 0.3) is 0 Å². The Kier molecular flexibility index (Phi) is 6.03. The van der Waals surface area contributed by atoms with Crippen molar-refractivity contribution in [3.05, 3.63) is 93.5 Å². The summed E-state index contributed by atoms with van der Waals surface area (Å²) in [6, 6.07) is 21.6. The second kappa shape index (κ2) is 9.08. The molecule has 5 rings (SSSR count). The zero-order chi connectivity index (χ0) is 22.1. The summed E-state index contributed by atoms with van der Waals surface area (Å²) < 4.78 is 19.1. The van der Waals surface area contributed by atoms with Gasteiger partial charge in [0.1, 0.15) is 17.6 Å². The van der Waals surface area contributed by atoms with Crippen LogP contribution >= 0.6 is 15.9 Å². The maximum Gasteiger partial charge on any atom is 0.199 e. The summed E-state index contributed by atoms with van der Waals surface area (Å²) in [5.41, 5.74) is 3.62. The zero-order valence-electron chi connectivity index (χ0n) is 17.9. The summed E-state index contributed by atoms with van der Waals surface area (Å²) in [7, 11) is 0. The molecule has 1 fully saturated rings. The van der Waals surface area contributed by atoms with Crippen LogP contribution < -0.4 is 9.47 Å². The van der Waals surface area contributed by atoms with Gasteiger partial charge in [-0.3, -0.25) is 4.79 Å². The van der Waals surface area contributed by atoms with Crippen molar-refractivity contribution in [1.29, 1.82) is 0 Å². The van der Waals surface area contributed by atoms with E-state index in [2.05, 4.69) is 35.0 Å². The number of aryl methyl sites for hydroxylation is 1. The molecule has 3 unspecified atom stereocenters. The topological polar surface area (TPSA) is 44.8 Å². The fraction of sp³-hybridized carbons (Fsp3) is 0.296. The molecule has 3 aromatic carbocycles. The molecule has 0 aliphatic carbocycles. The van der Waals surface area contributed by atoms with Crippen LogP contribution in [0.15, 0.2) is 71.2 Å². The van der Waals surface area contributed by atoms with Crippen molar-refractivity contribution in [1.82, 2.24) is 0 Å². The Morgan fingerprint density at radius 1 is 0.969 bits per heavy atom. The van der Waals surface area contributed by atoms with Crippen LogP contribution in [-0.4, -0.2) is 18.7 Å². The molecule has 3 aromatic rings. The molecule has 0 amide bonds. The molecule has 5 heteroatoms. The van der Waals surface area contributed by atoms with Crippen LogP contribution in [0.2, 0.25) is 0 Å². The number of ether oxygens (including phenoxy) is 3. The minimum Gasteiger partial charge on any atom is -0.484 e. The molecule has 0 saturated carbocycles. The Bertz CT molecular complexity index is 1120. The number of carbonyl (C=O) groups excluding carboxylic acids is 1. The van der Waals surface area contributed by atoms with Gasteiger partial charge < -0.3 is 14.2 Å². The standard InChI is InChI=1S/C27H25BrO4/c1-17-8-10-18(11-9-17)27-25(19-5-4-6-20(28)15-19)26(29)22-16-21(12-13-23(22)32-27)31-24-7-2-3-14-30-24/h4-6,8-13,15-16,24-25,27H,2-3,7,14H2,1H3. The second-order valence-corrected chi connectivity index (χ2v) is 9.33. The Morgan fingerprint density at radius 2 is 1.81 bits per heavy atom. The molecule has 2 aliphatic heterocycles. The highest BCUT2D eigenvalue weighted by Crippen LogP contribution is 2.45. The number of benzene rings is 3. The molecule has 164 valence electrons. The van der Waals surface area contributed by atoms with Crippen molar-refractivity contribution in [3.63, 3.8) is 0 Å². The number of fused-ring (bicyclic) bond motifs is 1. The number of carbonyl (C=O) groups is 1. The highest BCUT2D eigenvalue weighted by atomic mass is 79.9. The second-order valence-electron chi connectivity index (χ2n) is 8.42. The Morgan fingerprint density at radius 3 is 2.56 bits per heavy atom. The molecule has 3 atom stereocenters. The molecule has 0 N–H and O–H groups in total. The highest BCUT2D eigenvalue weighted by Gasteiger charge is 2.39. The minimum absolute atomic E-state index is 0.0323. The largest absolute Gasteiger partial charge is 0.484 e. The van der Waals surface area contributed by atoms with E-state index in [-0.39, 0.29) is 12.1 Å². The van der Waals surface area contributed by atoms with E-state index < -0.39 is 12.0 Å². The molecular weight excluding hydrogens is 468 g/mol. The van der Waals surface area contributed by atoms with Gasteiger partial charge >= 0.3 is 0 Å². The lowest BCUT2D eigenvalue weighted by molar-refractivity contribution is -0.105. The van der Waals surface area contributed by atoms with Crippen molar-refractivity contribution in [2.24, 2.45) is 0 Å². The molecule has 0 radical (unpaired) electrons. The van der Waals surface area contributed by atoms with Gasteiger partial charge in [0.15, 0.2) is 12.1 Å². The van der Waals surface area contributed by atoms with Crippen molar-refractivity contribution >= 4 is 21.7 Å². The molecular formula is C27H25BrO4. The first-order valence-electron chi connectivity index (χ1n) is 11.0. The van der Waals surface area contributed by atoms with E-state index in [1.54, 1.807) is 6.07 Å². The Labute approximate surface area is 196 Å². The average molecular weight is 493 g/mol. The minimum atomic E-state index is -0.455. The smallest absolute Gasteiger partial charge is 0.199 e. The van der Waals surface area contributed by atoms with Gasteiger partial charge in [0.2, 0.25) is 0 Å². The monoisotopic (exact) mass is 492 g/mol. The lowest BCUT2D eigenvalue weighted by Gasteiger charge is -2.34. The lowest BCUT2D eigenvalue weighted by Crippen LogP contribution is -2.30. The van der Waals surface area contributed by atoms with Gasteiger partial charge in [-0.2, -0.15) is 0 Å². The number of ketones is 1. The molecule has 0 aromatic heterocycles. The van der Waals surface area contributed by atoms with Crippen LogP contribution in [0.4, 0.5) is 0 Å². The van der Waals surface area contributed by atoms with Gasteiger partial charge in [-0.25, -0.2) is 0 Å². The van der Waals surface area contributed by atoms with E-state index in [0.717, 1.165) is 34.9 Å². The van der Waals surface area contributed by atoms with E-state index >= 15 is 0 Å². The first-order valence-corrected chi connectivity index (χ1v) is 11.8. The van der Waals surface area contributed by atoms with Crippen molar-refractivity contribution in [2.75, 3.05) is 6.61 Å². The summed E-state index contributed by atoms with van der Waals surface area (Å²) in [6.07, 6.45) is 2.34. The highest BCUT2D eigenvalue weighted by molar-refractivity contribution is 9.10. The van der Waals surface area contributed by atoms with Crippen molar-refractivity contribution in [3.8, 4) is 11.5 Å². The average Bonchev–Trinajstić information content (AvgIpc) is 2.80. The van der Waals surface area contributed by atoms with E-state index in [1.807, 2.05) is 48.5 Å². The SMILES string of the molecule is Cc1ccc(C2Oc3ccc(OC4CCCCO4)cc3C(=O)C2c2cccc(Br)c2)cc1.